The van der Waals surface area contributed by atoms with Crippen LogP contribution in [-0.4, -0.2) is 16.2 Å². The van der Waals surface area contributed by atoms with Crippen LogP contribution in [0.1, 0.15) is 150 Å². The van der Waals surface area contributed by atoms with Crippen molar-refractivity contribution in [1.82, 2.24) is 9.55 Å². The Hall–Kier alpha value is -7.11. The minimum atomic E-state index is -1.59. The van der Waals surface area contributed by atoms with E-state index in [9.17, 15) is 9.60 Å². The van der Waals surface area contributed by atoms with Gasteiger partial charge >= 0.3 is 0 Å². The van der Waals surface area contributed by atoms with E-state index in [1.54, 1.807) is 12.1 Å². The molecule has 1 aliphatic heterocycles. The van der Waals surface area contributed by atoms with E-state index in [-0.39, 0.29) is 59.3 Å². The summed E-state index contributed by atoms with van der Waals surface area (Å²) in [6.45, 7) is 24.6. The number of fused-ring (bicyclic) bond motifs is 4. The molecule has 2 aromatic heterocycles. The van der Waals surface area contributed by atoms with Crippen LogP contribution < -0.4 is 14.5 Å². The van der Waals surface area contributed by atoms with Gasteiger partial charge in [-0.2, -0.15) is 0 Å². The number of hydrogen-bond donors (Lipinski definition) is 0. The summed E-state index contributed by atoms with van der Waals surface area (Å²) in [5.74, 6) is 1.60. The van der Waals surface area contributed by atoms with Crippen molar-refractivity contribution in [3.05, 3.63) is 192 Å². The van der Waals surface area contributed by atoms with Crippen molar-refractivity contribution in [3.8, 4) is 39.6 Å². The van der Waals surface area contributed by atoms with Gasteiger partial charge in [0.05, 0.1) is 39.1 Å². The third kappa shape index (κ3) is 10.6. The van der Waals surface area contributed by atoms with Crippen LogP contribution in [0.15, 0.2) is 164 Å². The van der Waals surface area contributed by atoms with Gasteiger partial charge in [-0.3, -0.25) is 4.57 Å². The van der Waals surface area contributed by atoms with Gasteiger partial charge in [0, 0.05) is 48.7 Å². The van der Waals surface area contributed by atoms with Gasteiger partial charge in [-0.05, 0) is 141 Å². The van der Waals surface area contributed by atoms with E-state index in [1.165, 1.54) is 0 Å². The van der Waals surface area contributed by atoms with Crippen molar-refractivity contribution in [1.29, 1.82) is 0 Å². The van der Waals surface area contributed by atoms with E-state index < -0.39 is 35.3 Å². The first kappa shape index (κ1) is 40.2. The Labute approximate surface area is 462 Å². The van der Waals surface area contributed by atoms with E-state index in [0.717, 1.165) is 87.9 Å². The summed E-state index contributed by atoms with van der Waals surface area (Å²) < 4.78 is 102. The van der Waals surface area contributed by atoms with Crippen LogP contribution in [0.4, 0.5) is 22.7 Å². The highest BCUT2D eigenvalue weighted by atomic mass is 16.5. The predicted molar refractivity (Wildman–Crippen MR) is 320 cm³/mol. The molecule has 0 spiro atoms. The lowest BCUT2D eigenvalue weighted by atomic mass is 9.78. The van der Waals surface area contributed by atoms with Crippen LogP contribution >= 0.6 is 0 Å². The monoisotopic (exact) mass is 1000 g/mol. The quantitative estimate of drug-likeness (QED) is 0.102. The molecule has 10 rings (SSSR count). The van der Waals surface area contributed by atoms with Gasteiger partial charge < -0.3 is 14.5 Å². The fraction of sp³-hybridized carbons (Fsp3) is 0.329. The normalized spacial score (nSPS) is 15.2. The number of ether oxygens (including phenoxy) is 1. The Balaban J connectivity index is 1.13. The van der Waals surface area contributed by atoms with Crippen LogP contribution in [0.3, 0.4) is 0 Å². The van der Waals surface area contributed by atoms with Gasteiger partial charge in [0.15, 0.2) is 0 Å². The highest BCUT2D eigenvalue weighted by Gasteiger charge is 2.32. The Morgan fingerprint density at radius 1 is 0.600 bits per heavy atom. The van der Waals surface area contributed by atoms with E-state index in [4.69, 9.17) is 13.8 Å². The average molecular weight is 1000 g/mol. The number of anilines is 4. The smallest absolute Gasteiger partial charge is 0.137 e. The highest BCUT2D eigenvalue weighted by Crippen LogP contribution is 2.51. The molecule has 5 heteroatoms. The first-order valence-electron chi connectivity index (χ1n) is 31.8. The lowest BCUT2D eigenvalue weighted by Crippen LogP contribution is -2.25. The van der Waals surface area contributed by atoms with Gasteiger partial charge in [-0.1, -0.05) is 187 Å². The molecule has 0 radical (unpaired) electrons. The largest absolute Gasteiger partial charge is 0.457 e. The second-order valence-electron chi connectivity index (χ2n) is 23.6. The summed E-state index contributed by atoms with van der Waals surface area (Å²) in [5, 5.41) is 2.02. The summed E-state index contributed by atoms with van der Waals surface area (Å²) in [6.07, 6.45) is 5.34. The second-order valence-corrected chi connectivity index (χ2v) is 23.6. The number of rotatable bonds is 14. The molecule has 9 aromatic rings. The molecule has 0 saturated heterocycles. The van der Waals surface area contributed by atoms with Gasteiger partial charge in [0.2, 0.25) is 0 Å². The number of benzene rings is 7. The lowest BCUT2D eigenvalue weighted by molar-refractivity contribution is 0.483. The van der Waals surface area contributed by atoms with Crippen LogP contribution in [0.25, 0.3) is 49.9 Å². The molecule has 3 heterocycles. The molecular weight excluding hydrogens is 913 g/mol. The van der Waals surface area contributed by atoms with Crippen molar-refractivity contribution < 1.29 is 18.4 Å². The fourth-order valence-electron chi connectivity index (χ4n) is 10.3. The van der Waals surface area contributed by atoms with Gasteiger partial charge in [-0.25, -0.2) is 4.98 Å². The Morgan fingerprint density at radius 3 is 1.93 bits per heavy atom. The van der Waals surface area contributed by atoms with Crippen molar-refractivity contribution in [2.24, 2.45) is 5.92 Å². The fourth-order valence-corrected chi connectivity index (χ4v) is 10.3. The third-order valence-electron chi connectivity index (χ3n) is 14.3. The number of unbranched alkanes of at least 4 members (excludes halogenated alkanes) is 3. The predicted octanol–water partition coefficient (Wildman–Crippen LogP) is 19.8. The summed E-state index contributed by atoms with van der Waals surface area (Å²) in [7, 11) is 0. The molecule has 0 bridgehead atoms. The second kappa shape index (κ2) is 20.5. The number of nitrogens with zero attached hydrogens (tertiary/aromatic N) is 4. The van der Waals surface area contributed by atoms with Crippen LogP contribution in [0, 0.1) is 5.92 Å². The zero-order chi connectivity index (χ0) is 61.6. The van der Waals surface area contributed by atoms with Gasteiger partial charge in [0.25, 0.3) is 0 Å². The molecule has 75 heavy (non-hydrogen) atoms. The van der Waals surface area contributed by atoms with Crippen molar-refractivity contribution >= 4 is 44.6 Å². The zero-order valence-electron chi connectivity index (χ0n) is 56.0. The van der Waals surface area contributed by atoms with E-state index in [1.807, 2.05) is 133 Å². The molecule has 7 aromatic carbocycles. The number of hydrogen-bond acceptors (Lipinski definition) is 4. The maximum atomic E-state index is 9.97. The van der Waals surface area contributed by atoms with Gasteiger partial charge in [0.1, 0.15) is 24.0 Å². The first-order chi connectivity index (χ1) is 40.0. The Kier molecular flexibility index (Phi) is 11.0. The number of pyridine rings is 1. The van der Waals surface area contributed by atoms with Crippen LogP contribution in [-0.2, 0) is 29.0 Å². The average Bonchev–Trinajstić information content (AvgIpc) is 3.31. The number of aromatic nitrogens is 2. The first-order valence-corrected chi connectivity index (χ1v) is 26.8. The molecular formula is C70H78N4O. The van der Waals surface area contributed by atoms with Crippen molar-refractivity contribution in [2.75, 3.05) is 16.5 Å². The lowest BCUT2D eigenvalue weighted by Gasteiger charge is -2.29. The number of aryl methyl sites for hydroxylation is 1. The van der Waals surface area contributed by atoms with Crippen molar-refractivity contribution in [3.63, 3.8) is 0 Å². The molecule has 0 amide bonds. The van der Waals surface area contributed by atoms with E-state index in [0.29, 0.717) is 45.0 Å². The molecule has 0 fully saturated rings. The Bertz CT molecular complexity index is 4020. The Morgan fingerprint density at radius 2 is 1.25 bits per heavy atom. The summed E-state index contributed by atoms with van der Waals surface area (Å²) in [4.78, 5) is 9.15. The maximum absolute atomic E-state index is 9.97. The minimum absolute atomic E-state index is 0.00938. The number of para-hydroxylation sites is 3. The highest BCUT2D eigenvalue weighted by molar-refractivity contribution is 6.10. The molecule has 0 N–H and O–H groups in total. The van der Waals surface area contributed by atoms with Crippen LogP contribution in [0.5, 0.6) is 11.5 Å². The van der Waals surface area contributed by atoms with Crippen molar-refractivity contribution in [2.45, 2.75) is 138 Å². The SMILES string of the molecule is [2H]c1c([2H])c([2H])c(-c2cccc(-c3c([2H])c(C(C)(C)C)c([2H])c(C(C)(C)C)c3[2H])c2N2CN(c3cccc(Oc4ccc5c6cc(CCCCCC)c(C([2H])([2H])C(C)C)cc6n(-c6cc(C(C)(C)C)ccn6)c5c4)c3)c3ccccc32)c([2H])c1[2H]. The molecule has 0 unspecified atom stereocenters. The topological polar surface area (TPSA) is 33.5 Å². The molecule has 0 aliphatic carbocycles. The van der Waals surface area contributed by atoms with E-state index in [2.05, 4.69) is 67.5 Å². The molecule has 1 aliphatic rings. The maximum Gasteiger partial charge on any atom is 0.137 e. The zero-order valence-corrected chi connectivity index (χ0v) is 46.0. The molecule has 384 valence electrons. The molecule has 0 atom stereocenters. The summed E-state index contributed by atoms with van der Waals surface area (Å²) in [6, 6.07) is 33.6. The third-order valence-corrected chi connectivity index (χ3v) is 14.3. The van der Waals surface area contributed by atoms with Gasteiger partial charge in [-0.15, -0.1) is 0 Å². The van der Waals surface area contributed by atoms with E-state index >= 15 is 0 Å². The van der Waals surface area contributed by atoms with Crippen LogP contribution in [0.2, 0.25) is 0 Å². The molecule has 0 saturated carbocycles. The standard InChI is InChI=1S/C70H78N4O/c1-13-14-15-17-26-49-40-61-60-34-33-57(45-65(60)74(64(61)41-50(49)37-47(2)3)66-43-52(35-36-71-66)68(4,5)6)75-56-28-22-27-55(44-56)72-46-73(63-32-21-20-31-62(63)72)67-58(48-24-18-16-19-25-48)29-23-30-59(67)51-38-53(69(7,8)9)42-54(39-51)70(10,11)12/h16,18-25,27-36,38-45,47H,13-15,17,26,37,46H2,1-12H3/i16D,18D,19D,24D,25D,37D2,38D,39D,42D. The molecule has 5 nitrogen and oxygen atoms in total. The summed E-state index contributed by atoms with van der Waals surface area (Å²) in [5.41, 5.74) is 7.90. The minimum Gasteiger partial charge on any atom is -0.457 e. The summed E-state index contributed by atoms with van der Waals surface area (Å²) >= 11 is 0.